The summed E-state index contributed by atoms with van der Waals surface area (Å²) in [6.07, 6.45) is 0. The molecule has 1 saturated heterocycles. The third-order valence-corrected chi connectivity index (χ3v) is 6.19. The number of carbonyl (C=O) groups is 1. The molecule has 0 aliphatic carbocycles. The maximum Gasteiger partial charge on any atom is 0.243 e. The van der Waals surface area contributed by atoms with E-state index in [1.165, 1.54) is 23.4 Å². The molecule has 1 aromatic carbocycles. The standard InChI is InChI=1S/C12H15NO4S2/c1-10(14)11-3-2-4-12(9-11)19(16,17)13-5-7-18(15)8-6-13/h2-4,9H,5-8H2,1H3. The molecular formula is C12H15NO4S2. The lowest BCUT2D eigenvalue weighted by atomic mass is 10.2. The Hall–Kier alpha value is -1.05. The number of rotatable bonds is 3. The number of carbonyl (C=O) groups excluding carboxylic acids is 1. The molecule has 7 heteroatoms. The minimum absolute atomic E-state index is 0.118. The third-order valence-electron chi connectivity index (χ3n) is 3.02. The molecule has 1 fully saturated rings. The van der Waals surface area contributed by atoms with Crippen molar-refractivity contribution in [2.75, 3.05) is 24.6 Å². The predicted molar refractivity (Wildman–Crippen MR) is 73.1 cm³/mol. The van der Waals surface area contributed by atoms with Crippen LogP contribution in [0.1, 0.15) is 17.3 Å². The molecule has 1 heterocycles. The SMILES string of the molecule is CC(=O)c1cccc(S(=O)(=O)N2CCS(=O)CC2)c1. The average Bonchev–Trinajstić information content (AvgIpc) is 2.39. The monoisotopic (exact) mass is 301 g/mol. The van der Waals surface area contributed by atoms with Gasteiger partial charge in [-0.3, -0.25) is 9.00 Å². The highest BCUT2D eigenvalue weighted by Gasteiger charge is 2.28. The number of hydrogen-bond acceptors (Lipinski definition) is 4. The molecule has 104 valence electrons. The van der Waals surface area contributed by atoms with Gasteiger partial charge in [-0.15, -0.1) is 0 Å². The second-order valence-electron chi connectivity index (χ2n) is 4.34. The summed E-state index contributed by atoms with van der Waals surface area (Å²) in [4.78, 5) is 11.4. The molecule has 1 aliphatic rings. The van der Waals surface area contributed by atoms with E-state index in [2.05, 4.69) is 0 Å². The van der Waals surface area contributed by atoms with E-state index < -0.39 is 20.8 Å². The van der Waals surface area contributed by atoms with Gasteiger partial charge in [-0.05, 0) is 19.1 Å². The number of hydrogen-bond donors (Lipinski definition) is 0. The van der Waals surface area contributed by atoms with E-state index in [0.717, 1.165) is 0 Å². The van der Waals surface area contributed by atoms with Gasteiger partial charge in [0, 0.05) is 41.0 Å². The second kappa shape index (κ2) is 5.52. The molecule has 0 saturated carbocycles. The van der Waals surface area contributed by atoms with Crippen molar-refractivity contribution in [2.45, 2.75) is 11.8 Å². The van der Waals surface area contributed by atoms with Crippen LogP contribution in [-0.4, -0.2) is 47.3 Å². The Bertz CT molecular complexity index is 614. The van der Waals surface area contributed by atoms with Crippen LogP contribution >= 0.6 is 0 Å². The molecule has 0 unspecified atom stereocenters. The summed E-state index contributed by atoms with van der Waals surface area (Å²) < 4.78 is 37.4. The summed E-state index contributed by atoms with van der Waals surface area (Å²) in [5.74, 6) is 0.564. The van der Waals surface area contributed by atoms with Gasteiger partial charge >= 0.3 is 0 Å². The van der Waals surface area contributed by atoms with Gasteiger partial charge in [-0.1, -0.05) is 12.1 Å². The Morgan fingerprint density at radius 3 is 2.47 bits per heavy atom. The van der Waals surface area contributed by atoms with E-state index in [9.17, 15) is 17.4 Å². The molecule has 19 heavy (non-hydrogen) atoms. The zero-order chi connectivity index (χ0) is 14.0. The van der Waals surface area contributed by atoms with Crippen molar-refractivity contribution < 1.29 is 17.4 Å². The molecule has 0 amide bonds. The highest BCUT2D eigenvalue weighted by atomic mass is 32.2. The molecule has 0 radical (unpaired) electrons. The lowest BCUT2D eigenvalue weighted by Gasteiger charge is -2.25. The Labute approximate surface area is 115 Å². The highest BCUT2D eigenvalue weighted by Crippen LogP contribution is 2.19. The average molecular weight is 301 g/mol. The molecule has 5 nitrogen and oxygen atoms in total. The maximum absolute atomic E-state index is 12.4. The first-order valence-corrected chi connectivity index (χ1v) is 8.80. The van der Waals surface area contributed by atoms with Crippen molar-refractivity contribution in [2.24, 2.45) is 0 Å². The van der Waals surface area contributed by atoms with E-state index in [1.54, 1.807) is 12.1 Å². The topological polar surface area (TPSA) is 71.5 Å². The number of nitrogens with zero attached hydrogens (tertiary/aromatic N) is 1. The Kier molecular flexibility index (Phi) is 4.17. The van der Waals surface area contributed by atoms with Crippen LogP contribution in [0.4, 0.5) is 0 Å². The summed E-state index contributed by atoms with van der Waals surface area (Å²) in [5, 5.41) is 0. The molecule has 1 aliphatic heterocycles. The van der Waals surface area contributed by atoms with Crippen LogP contribution in [0.25, 0.3) is 0 Å². The molecule has 0 spiro atoms. The summed E-state index contributed by atoms with van der Waals surface area (Å²) >= 11 is 0. The maximum atomic E-state index is 12.4. The first-order valence-electron chi connectivity index (χ1n) is 5.87. The second-order valence-corrected chi connectivity index (χ2v) is 7.97. The summed E-state index contributed by atoms with van der Waals surface area (Å²) in [5.41, 5.74) is 0.377. The van der Waals surface area contributed by atoms with Gasteiger partial charge < -0.3 is 0 Å². The normalized spacial score (nSPS) is 18.4. The van der Waals surface area contributed by atoms with Gasteiger partial charge in [0.15, 0.2) is 5.78 Å². The van der Waals surface area contributed by atoms with Crippen LogP contribution in [-0.2, 0) is 20.8 Å². The largest absolute Gasteiger partial charge is 0.295 e. The zero-order valence-corrected chi connectivity index (χ0v) is 12.2. The summed E-state index contributed by atoms with van der Waals surface area (Å²) in [6, 6.07) is 6.02. The van der Waals surface area contributed by atoms with Crippen molar-refractivity contribution in [1.29, 1.82) is 0 Å². The molecule has 0 bridgehead atoms. The van der Waals surface area contributed by atoms with Crippen LogP contribution in [0.2, 0.25) is 0 Å². The lowest BCUT2D eigenvalue weighted by molar-refractivity contribution is 0.101. The fraction of sp³-hybridized carbons (Fsp3) is 0.417. The van der Waals surface area contributed by atoms with Crippen LogP contribution < -0.4 is 0 Å². The van der Waals surface area contributed by atoms with E-state index in [0.29, 0.717) is 17.1 Å². The Balaban J connectivity index is 2.31. The fourth-order valence-electron chi connectivity index (χ4n) is 1.89. The lowest BCUT2D eigenvalue weighted by Crippen LogP contribution is -2.41. The Morgan fingerprint density at radius 1 is 1.26 bits per heavy atom. The fourth-order valence-corrected chi connectivity index (χ4v) is 4.66. The van der Waals surface area contributed by atoms with Gasteiger partial charge in [0.25, 0.3) is 0 Å². The van der Waals surface area contributed by atoms with Gasteiger partial charge in [-0.25, -0.2) is 8.42 Å². The number of ketones is 1. The molecular weight excluding hydrogens is 286 g/mol. The van der Waals surface area contributed by atoms with Crippen molar-refractivity contribution >= 4 is 26.6 Å². The van der Waals surface area contributed by atoms with Crippen molar-refractivity contribution in [3.05, 3.63) is 29.8 Å². The van der Waals surface area contributed by atoms with Crippen LogP contribution in [0.15, 0.2) is 29.2 Å². The van der Waals surface area contributed by atoms with Gasteiger partial charge in [0.2, 0.25) is 10.0 Å². The van der Waals surface area contributed by atoms with Crippen molar-refractivity contribution in [3.63, 3.8) is 0 Å². The Morgan fingerprint density at radius 2 is 1.89 bits per heavy atom. The molecule has 0 atom stereocenters. The molecule has 0 N–H and O–H groups in total. The van der Waals surface area contributed by atoms with Gasteiger partial charge in [0.1, 0.15) is 0 Å². The van der Waals surface area contributed by atoms with Crippen molar-refractivity contribution in [3.8, 4) is 0 Å². The number of sulfonamides is 1. The summed E-state index contributed by atoms with van der Waals surface area (Å²) in [7, 11) is -4.52. The van der Waals surface area contributed by atoms with E-state index in [1.807, 2.05) is 0 Å². The van der Waals surface area contributed by atoms with Gasteiger partial charge in [0.05, 0.1) is 4.90 Å². The van der Waals surface area contributed by atoms with Crippen LogP contribution in [0, 0.1) is 0 Å². The van der Waals surface area contributed by atoms with E-state index >= 15 is 0 Å². The number of benzene rings is 1. The van der Waals surface area contributed by atoms with Gasteiger partial charge in [-0.2, -0.15) is 4.31 Å². The molecule has 2 rings (SSSR count). The third kappa shape index (κ3) is 3.10. The van der Waals surface area contributed by atoms with Crippen LogP contribution in [0.5, 0.6) is 0 Å². The smallest absolute Gasteiger partial charge is 0.243 e. The predicted octanol–water partition coefficient (Wildman–Crippen LogP) is 0.642. The molecule has 1 aromatic rings. The highest BCUT2D eigenvalue weighted by molar-refractivity contribution is 7.89. The van der Waals surface area contributed by atoms with E-state index in [-0.39, 0.29) is 23.8 Å². The first-order chi connectivity index (χ1) is 8.91. The zero-order valence-electron chi connectivity index (χ0n) is 10.5. The minimum atomic E-state index is -3.59. The minimum Gasteiger partial charge on any atom is -0.295 e. The van der Waals surface area contributed by atoms with E-state index in [4.69, 9.17) is 0 Å². The first kappa shape index (κ1) is 14.4. The van der Waals surface area contributed by atoms with Crippen LogP contribution in [0.3, 0.4) is 0 Å². The quantitative estimate of drug-likeness (QED) is 0.768. The number of Topliss-reactive ketones (excluding diaryl/α,β-unsaturated/α-hetero) is 1. The molecule has 0 aromatic heterocycles. The van der Waals surface area contributed by atoms with Crippen molar-refractivity contribution in [1.82, 2.24) is 4.31 Å². The summed E-state index contributed by atoms with van der Waals surface area (Å²) in [6.45, 7) is 1.92.